The predicted molar refractivity (Wildman–Crippen MR) is 130 cm³/mol. The van der Waals surface area contributed by atoms with Crippen LogP contribution in [-0.2, 0) is 4.79 Å². The van der Waals surface area contributed by atoms with Gasteiger partial charge in [0.25, 0.3) is 0 Å². The minimum absolute atomic E-state index is 0.324. The zero-order valence-corrected chi connectivity index (χ0v) is 21.3. The summed E-state index contributed by atoms with van der Waals surface area (Å²) in [5.74, 6) is -0.675. The van der Waals surface area contributed by atoms with Crippen LogP contribution in [0.15, 0.2) is 0 Å². The Labute approximate surface area is 184 Å². The first-order valence-electron chi connectivity index (χ1n) is 12.7. The van der Waals surface area contributed by atoms with Gasteiger partial charge in [-0.2, -0.15) is 0 Å². The van der Waals surface area contributed by atoms with Crippen molar-refractivity contribution in [3.05, 3.63) is 0 Å². The van der Waals surface area contributed by atoms with Crippen LogP contribution in [0.2, 0.25) is 0 Å². The molecule has 3 nitrogen and oxygen atoms in total. The van der Waals surface area contributed by atoms with Crippen LogP contribution in [-0.4, -0.2) is 41.7 Å². The second kappa shape index (κ2) is 19.4. The SMILES string of the molecule is CC(C)(C)CCCCCC(=O)O.CCCC[N+](CCCC)(CCCC)CCCC. The van der Waals surface area contributed by atoms with E-state index in [2.05, 4.69) is 48.5 Å². The smallest absolute Gasteiger partial charge is 0.303 e. The highest BCUT2D eigenvalue weighted by molar-refractivity contribution is 5.66. The summed E-state index contributed by atoms with van der Waals surface area (Å²) in [6.07, 6.45) is 15.6. The van der Waals surface area contributed by atoms with Gasteiger partial charge in [-0.15, -0.1) is 0 Å². The number of rotatable bonds is 17. The van der Waals surface area contributed by atoms with Crippen molar-refractivity contribution < 1.29 is 14.4 Å². The zero-order chi connectivity index (χ0) is 22.6. The van der Waals surface area contributed by atoms with E-state index < -0.39 is 5.97 Å². The van der Waals surface area contributed by atoms with Gasteiger partial charge in [0.1, 0.15) is 0 Å². The monoisotopic (exact) mass is 414 g/mol. The van der Waals surface area contributed by atoms with E-state index in [1.165, 1.54) is 88.4 Å². The molecule has 0 radical (unpaired) electrons. The van der Waals surface area contributed by atoms with E-state index in [0.717, 1.165) is 19.3 Å². The number of carboxylic acids is 1. The molecule has 3 heteroatoms. The largest absolute Gasteiger partial charge is 0.481 e. The van der Waals surface area contributed by atoms with Crippen LogP contribution in [0.5, 0.6) is 0 Å². The minimum Gasteiger partial charge on any atom is -0.481 e. The summed E-state index contributed by atoms with van der Waals surface area (Å²) in [7, 11) is 0. The third kappa shape index (κ3) is 21.9. The lowest BCUT2D eigenvalue weighted by Gasteiger charge is -2.39. The molecule has 176 valence electrons. The van der Waals surface area contributed by atoms with Crippen LogP contribution >= 0.6 is 0 Å². The predicted octanol–water partition coefficient (Wildman–Crippen LogP) is 8.07. The van der Waals surface area contributed by atoms with Crippen molar-refractivity contribution in [3.8, 4) is 0 Å². The van der Waals surface area contributed by atoms with E-state index in [-0.39, 0.29) is 0 Å². The van der Waals surface area contributed by atoms with Crippen molar-refractivity contribution in [1.82, 2.24) is 0 Å². The molecule has 0 bridgehead atoms. The van der Waals surface area contributed by atoms with Crippen LogP contribution < -0.4 is 0 Å². The van der Waals surface area contributed by atoms with Gasteiger partial charge >= 0.3 is 5.97 Å². The Hall–Kier alpha value is -0.570. The first-order valence-corrected chi connectivity index (χ1v) is 12.7. The fourth-order valence-electron chi connectivity index (χ4n) is 3.75. The molecule has 0 aliphatic rings. The number of quaternary nitrogens is 1. The van der Waals surface area contributed by atoms with Gasteiger partial charge in [0.05, 0.1) is 26.2 Å². The van der Waals surface area contributed by atoms with Gasteiger partial charge in [0.2, 0.25) is 0 Å². The van der Waals surface area contributed by atoms with E-state index in [9.17, 15) is 4.79 Å². The standard InChI is InChI=1S/C16H36N.C10H20O2/c1-5-9-13-17(14-10-6-2,15-11-7-3)16-12-8-4;1-10(2,3)8-6-4-5-7-9(11)12/h5-16H2,1-4H3;4-8H2,1-3H3,(H,11,12)/q+1;. The van der Waals surface area contributed by atoms with Crippen LogP contribution in [0.4, 0.5) is 0 Å². The Kier molecular flexibility index (Phi) is 20.5. The average molecular weight is 415 g/mol. The van der Waals surface area contributed by atoms with Crippen LogP contribution in [0, 0.1) is 5.41 Å². The molecule has 0 aliphatic heterocycles. The third-order valence-corrected chi connectivity index (χ3v) is 5.76. The number of aliphatic carboxylic acids is 1. The molecule has 0 heterocycles. The molecule has 0 unspecified atom stereocenters. The fourth-order valence-corrected chi connectivity index (χ4v) is 3.75. The molecule has 0 aromatic rings. The Morgan fingerprint density at radius 3 is 1.31 bits per heavy atom. The van der Waals surface area contributed by atoms with Gasteiger partial charge in [0, 0.05) is 6.42 Å². The summed E-state index contributed by atoms with van der Waals surface area (Å²) in [6.45, 7) is 21.7. The molecule has 0 atom stereocenters. The third-order valence-electron chi connectivity index (χ3n) is 5.76. The lowest BCUT2D eigenvalue weighted by atomic mass is 9.89. The number of nitrogens with zero attached hydrogens (tertiary/aromatic N) is 1. The highest BCUT2D eigenvalue weighted by Crippen LogP contribution is 2.22. The fraction of sp³-hybridized carbons (Fsp3) is 0.962. The van der Waals surface area contributed by atoms with E-state index in [1.54, 1.807) is 0 Å². The number of hydrogen-bond acceptors (Lipinski definition) is 1. The Balaban J connectivity index is 0. The highest BCUT2D eigenvalue weighted by Gasteiger charge is 2.24. The summed E-state index contributed by atoms with van der Waals surface area (Å²) in [5, 5.41) is 8.37. The molecule has 0 fully saturated rings. The van der Waals surface area contributed by atoms with E-state index in [0.29, 0.717) is 11.8 Å². The first kappa shape index (κ1) is 30.6. The number of hydrogen-bond donors (Lipinski definition) is 1. The summed E-state index contributed by atoms with van der Waals surface area (Å²) in [4.78, 5) is 10.2. The molecule has 0 saturated heterocycles. The normalized spacial score (nSPS) is 11.8. The summed E-state index contributed by atoms with van der Waals surface area (Å²) in [5.41, 5.74) is 0.392. The van der Waals surface area contributed by atoms with Gasteiger partial charge in [0.15, 0.2) is 0 Å². The lowest BCUT2D eigenvalue weighted by molar-refractivity contribution is -0.929. The first-order chi connectivity index (χ1) is 13.7. The lowest BCUT2D eigenvalue weighted by Crippen LogP contribution is -2.50. The van der Waals surface area contributed by atoms with Crippen molar-refractivity contribution in [3.63, 3.8) is 0 Å². The molecule has 0 aliphatic carbocycles. The van der Waals surface area contributed by atoms with Crippen LogP contribution in [0.25, 0.3) is 0 Å². The van der Waals surface area contributed by atoms with Gasteiger partial charge < -0.3 is 9.59 Å². The molecule has 0 aromatic carbocycles. The van der Waals surface area contributed by atoms with Gasteiger partial charge in [-0.05, 0) is 43.9 Å². The van der Waals surface area contributed by atoms with E-state index in [1.807, 2.05) is 0 Å². The van der Waals surface area contributed by atoms with Crippen LogP contribution in [0.1, 0.15) is 132 Å². The van der Waals surface area contributed by atoms with Crippen molar-refractivity contribution in [2.75, 3.05) is 26.2 Å². The summed E-state index contributed by atoms with van der Waals surface area (Å²) < 4.78 is 1.42. The maximum atomic E-state index is 10.2. The number of carbonyl (C=O) groups is 1. The maximum Gasteiger partial charge on any atom is 0.303 e. The van der Waals surface area contributed by atoms with E-state index in [4.69, 9.17) is 5.11 Å². The second-order valence-corrected chi connectivity index (χ2v) is 10.2. The average Bonchev–Trinajstić information content (AvgIpc) is 2.66. The Morgan fingerprint density at radius 2 is 1.03 bits per heavy atom. The van der Waals surface area contributed by atoms with Gasteiger partial charge in [-0.3, -0.25) is 4.79 Å². The topological polar surface area (TPSA) is 37.3 Å². The molecule has 0 rings (SSSR count). The second-order valence-electron chi connectivity index (χ2n) is 10.2. The zero-order valence-electron chi connectivity index (χ0n) is 21.3. The molecule has 29 heavy (non-hydrogen) atoms. The molecule has 0 spiro atoms. The molecule has 1 N–H and O–H groups in total. The molecule has 0 saturated carbocycles. The molecule has 0 aromatic heterocycles. The van der Waals surface area contributed by atoms with Crippen LogP contribution in [0.3, 0.4) is 0 Å². The minimum atomic E-state index is -0.675. The maximum absolute atomic E-state index is 10.2. The molecule has 0 amide bonds. The number of unbranched alkanes of at least 4 members (excludes halogenated alkanes) is 6. The van der Waals surface area contributed by atoms with Crippen molar-refractivity contribution >= 4 is 5.97 Å². The highest BCUT2D eigenvalue weighted by atomic mass is 16.4. The van der Waals surface area contributed by atoms with Crippen molar-refractivity contribution in [1.29, 1.82) is 0 Å². The summed E-state index contributed by atoms with van der Waals surface area (Å²) >= 11 is 0. The van der Waals surface area contributed by atoms with Crippen molar-refractivity contribution in [2.24, 2.45) is 5.41 Å². The van der Waals surface area contributed by atoms with Gasteiger partial charge in [-0.25, -0.2) is 0 Å². The Bertz CT molecular complexity index is 323. The quantitative estimate of drug-likeness (QED) is 0.193. The Morgan fingerprint density at radius 1 is 0.655 bits per heavy atom. The summed E-state index contributed by atoms with van der Waals surface area (Å²) in [6, 6.07) is 0. The molecular formula is C26H56NO2+. The molecular weight excluding hydrogens is 358 g/mol. The van der Waals surface area contributed by atoms with Crippen molar-refractivity contribution in [2.45, 2.75) is 132 Å². The number of carboxylic acid groups (broad SMARTS) is 1. The van der Waals surface area contributed by atoms with E-state index >= 15 is 0 Å². The van der Waals surface area contributed by atoms with Gasteiger partial charge in [-0.1, -0.05) is 87.0 Å².